The summed E-state index contributed by atoms with van der Waals surface area (Å²) in [5, 5.41) is 0. The van der Waals surface area contributed by atoms with Crippen LogP contribution in [0.2, 0.25) is 0 Å². The molecule has 1 atom stereocenters. The molecule has 3 heteroatoms. The summed E-state index contributed by atoms with van der Waals surface area (Å²) in [4.78, 5) is 20.2. The Labute approximate surface area is 66.0 Å². The van der Waals surface area contributed by atoms with Gasteiger partial charge in [-0.25, -0.2) is 0 Å². The lowest BCUT2D eigenvalue weighted by atomic mass is 10.2. The molecule has 0 amide bonds. The minimum atomic E-state index is -0.294. The molecular weight excluding hydrogens is 144 g/mol. The van der Waals surface area contributed by atoms with E-state index in [1.807, 2.05) is 0 Å². The Kier molecular flexibility index (Phi) is 5.07. The molecule has 0 aliphatic carbocycles. The van der Waals surface area contributed by atoms with Gasteiger partial charge in [0.2, 0.25) is 0 Å². The molecule has 0 N–H and O–H groups in total. The Morgan fingerprint density at radius 1 is 1.64 bits per heavy atom. The zero-order valence-electron chi connectivity index (χ0n) is 6.74. The first-order valence-electron chi connectivity index (χ1n) is 3.44. The molecule has 0 heterocycles. The Morgan fingerprint density at radius 3 is 2.73 bits per heavy atom. The number of ether oxygens (including phenoxy) is 1. The topological polar surface area (TPSA) is 43.4 Å². The van der Waals surface area contributed by atoms with E-state index in [-0.39, 0.29) is 12.1 Å². The summed E-state index contributed by atoms with van der Waals surface area (Å²) in [6.45, 7) is 3.14. The van der Waals surface area contributed by atoms with E-state index < -0.39 is 0 Å². The van der Waals surface area contributed by atoms with Crippen molar-refractivity contribution in [2.24, 2.45) is 0 Å². The smallest absolute Gasteiger partial charge is 0.302 e. The van der Waals surface area contributed by atoms with Gasteiger partial charge in [0.25, 0.3) is 0 Å². The van der Waals surface area contributed by atoms with E-state index in [2.05, 4.69) is 0 Å². The molecule has 0 radical (unpaired) electrons. The monoisotopic (exact) mass is 156 g/mol. The number of esters is 1. The molecule has 62 valence electrons. The molecule has 0 aromatic rings. The minimum absolute atomic E-state index is 0.149. The van der Waals surface area contributed by atoms with Crippen molar-refractivity contribution in [2.45, 2.75) is 26.4 Å². The van der Waals surface area contributed by atoms with E-state index >= 15 is 0 Å². The first-order chi connectivity index (χ1) is 5.16. The summed E-state index contributed by atoms with van der Waals surface area (Å²) >= 11 is 0. The number of rotatable bonds is 4. The predicted molar refractivity (Wildman–Crippen MR) is 41.0 cm³/mol. The minimum Gasteiger partial charge on any atom is -0.463 e. The fraction of sp³-hybridized carbons (Fsp3) is 0.500. The van der Waals surface area contributed by atoms with Gasteiger partial charge in [-0.1, -0.05) is 6.08 Å². The largest absolute Gasteiger partial charge is 0.463 e. The van der Waals surface area contributed by atoms with Crippen LogP contribution in [0.3, 0.4) is 0 Å². The van der Waals surface area contributed by atoms with Crippen LogP contribution in [0.1, 0.15) is 20.3 Å². The van der Waals surface area contributed by atoms with Gasteiger partial charge in [-0.3, -0.25) is 9.59 Å². The van der Waals surface area contributed by atoms with Crippen molar-refractivity contribution in [3.63, 3.8) is 0 Å². The van der Waals surface area contributed by atoms with Crippen molar-refractivity contribution >= 4 is 12.3 Å². The van der Waals surface area contributed by atoms with E-state index in [1.165, 1.54) is 13.0 Å². The zero-order valence-corrected chi connectivity index (χ0v) is 6.74. The lowest BCUT2D eigenvalue weighted by Gasteiger charge is -2.07. The zero-order chi connectivity index (χ0) is 8.69. The summed E-state index contributed by atoms with van der Waals surface area (Å²) in [7, 11) is 0. The molecule has 0 unspecified atom stereocenters. The highest BCUT2D eigenvalue weighted by molar-refractivity contribution is 5.66. The molecule has 0 spiro atoms. The molecule has 0 saturated heterocycles. The molecule has 0 rings (SSSR count). The molecule has 0 aliphatic rings. The third kappa shape index (κ3) is 6.77. The highest BCUT2D eigenvalue weighted by Crippen LogP contribution is 1.97. The van der Waals surface area contributed by atoms with E-state index in [4.69, 9.17) is 4.74 Å². The van der Waals surface area contributed by atoms with Crippen molar-refractivity contribution in [2.75, 3.05) is 0 Å². The van der Waals surface area contributed by atoms with Gasteiger partial charge in [0, 0.05) is 13.3 Å². The van der Waals surface area contributed by atoms with E-state index in [9.17, 15) is 9.59 Å². The van der Waals surface area contributed by atoms with Crippen molar-refractivity contribution in [1.29, 1.82) is 0 Å². The van der Waals surface area contributed by atoms with Gasteiger partial charge in [0.15, 0.2) is 0 Å². The second-order valence-electron chi connectivity index (χ2n) is 2.22. The fourth-order valence-electron chi connectivity index (χ4n) is 0.657. The van der Waals surface area contributed by atoms with Crippen LogP contribution in [0.15, 0.2) is 12.2 Å². The van der Waals surface area contributed by atoms with Crippen molar-refractivity contribution in [3.8, 4) is 0 Å². The molecule has 0 bridgehead atoms. The highest BCUT2D eigenvalue weighted by atomic mass is 16.5. The summed E-state index contributed by atoms with van der Waals surface area (Å²) in [6, 6.07) is 0. The molecule has 0 fully saturated rings. The highest BCUT2D eigenvalue weighted by Gasteiger charge is 2.01. The molecular formula is C8H12O3. The maximum absolute atomic E-state index is 10.4. The molecule has 3 nitrogen and oxygen atoms in total. The standard InChI is InChI=1S/C8H12O3/c1-7(11-8(2)10)5-3-4-6-9/h3-4,6-7H,5H2,1-2H3/b4-3+/t7-/m1/s1. The number of allylic oxidation sites excluding steroid dienone is 1. The third-order valence-corrected chi connectivity index (χ3v) is 1.05. The molecule has 11 heavy (non-hydrogen) atoms. The Morgan fingerprint density at radius 2 is 2.27 bits per heavy atom. The van der Waals surface area contributed by atoms with Gasteiger partial charge in [-0.05, 0) is 13.0 Å². The Balaban J connectivity index is 3.51. The van der Waals surface area contributed by atoms with Gasteiger partial charge in [-0.15, -0.1) is 0 Å². The van der Waals surface area contributed by atoms with Crippen LogP contribution in [0.4, 0.5) is 0 Å². The number of carbonyl (C=O) groups is 2. The summed E-state index contributed by atoms with van der Waals surface area (Å²) in [6.07, 6.45) is 4.18. The quantitative estimate of drug-likeness (QED) is 0.347. The second-order valence-corrected chi connectivity index (χ2v) is 2.22. The van der Waals surface area contributed by atoms with E-state index in [0.717, 1.165) is 0 Å². The van der Waals surface area contributed by atoms with Gasteiger partial charge in [-0.2, -0.15) is 0 Å². The fourth-order valence-corrected chi connectivity index (χ4v) is 0.657. The lowest BCUT2D eigenvalue weighted by Crippen LogP contribution is -2.10. The van der Waals surface area contributed by atoms with Gasteiger partial charge in [0.05, 0.1) is 0 Å². The second kappa shape index (κ2) is 5.65. The van der Waals surface area contributed by atoms with Gasteiger partial charge >= 0.3 is 5.97 Å². The summed E-state index contributed by atoms with van der Waals surface area (Å²) in [5.41, 5.74) is 0. The molecule has 0 aromatic heterocycles. The Bertz CT molecular complexity index is 161. The van der Waals surface area contributed by atoms with Crippen molar-refractivity contribution < 1.29 is 14.3 Å². The van der Waals surface area contributed by atoms with E-state index in [0.29, 0.717) is 12.7 Å². The average molecular weight is 156 g/mol. The number of hydrogen-bond donors (Lipinski definition) is 0. The van der Waals surface area contributed by atoms with Gasteiger partial charge in [0.1, 0.15) is 12.4 Å². The SMILES string of the molecule is CC(=O)O[C@H](C)C/C=C/C=O. The van der Waals surface area contributed by atoms with Crippen LogP contribution in [0.25, 0.3) is 0 Å². The normalized spacial score (nSPS) is 12.9. The first-order valence-corrected chi connectivity index (χ1v) is 3.44. The summed E-state index contributed by atoms with van der Waals surface area (Å²) < 4.78 is 4.79. The first kappa shape index (κ1) is 9.88. The lowest BCUT2D eigenvalue weighted by molar-refractivity contribution is -0.145. The number of carbonyl (C=O) groups excluding carboxylic acids is 2. The predicted octanol–water partition coefficient (Wildman–Crippen LogP) is 1.08. The van der Waals surface area contributed by atoms with Crippen LogP contribution in [-0.4, -0.2) is 18.4 Å². The molecule has 0 aliphatic heterocycles. The maximum atomic E-state index is 10.4. The third-order valence-electron chi connectivity index (χ3n) is 1.05. The Hall–Kier alpha value is -1.12. The average Bonchev–Trinajstić information content (AvgIpc) is 1.86. The van der Waals surface area contributed by atoms with Crippen LogP contribution >= 0.6 is 0 Å². The molecule has 0 aromatic carbocycles. The van der Waals surface area contributed by atoms with Crippen molar-refractivity contribution in [1.82, 2.24) is 0 Å². The summed E-state index contributed by atoms with van der Waals surface area (Å²) in [5.74, 6) is -0.294. The number of hydrogen-bond acceptors (Lipinski definition) is 3. The van der Waals surface area contributed by atoms with E-state index in [1.54, 1.807) is 13.0 Å². The maximum Gasteiger partial charge on any atom is 0.302 e. The van der Waals surface area contributed by atoms with Crippen molar-refractivity contribution in [3.05, 3.63) is 12.2 Å². The van der Waals surface area contributed by atoms with Crippen LogP contribution in [0, 0.1) is 0 Å². The molecule has 0 saturated carbocycles. The van der Waals surface area contributed by atoms with Crippen LogP contribution in [0.5, 0.6) is 0 Å². The van der Waals surface area contributed by atoms with Crippen LogP contribution in [-0.2, 0) is 14.3 Å². The van der Waals surface area contributed by atoms with Crippen LogP contribution < -0.4 is 0 Å². The number of aldehydes is 1. The van der Waals surface area contributed by atoms with Gasteiger partial charge < -0.3 is 4.74 Å².